The zero-order valence-corrected chi connectivity index (χ0v) is 12.0. The Kier molecular flexibility index (Phi) is 3.88. The van der Waals surface area contributed by atoms with Gasteiger partial charge in [-0.3, -0.25) is 4.79 Å². The highest BCUT2D eigenvalue weighted by Gasteiger charge is 2.11. The molecule has 1 aromatic carbocycles. The Morgan fingerprint density at radius 3 is 2.83 bits per heavy atom. The third-order valence-electron chi connectivity index (χ3n) is 2.30. The van der Waals surface area contributed by atoms with E-state index < -0.39 is 0 Å². The maximum absolute atomic E-state index is 12.0. The summed E-state index contributed by atoms with van der Waals surface area (Å²) in [6, 6.07) is 6.86. The molecule has 2 rings (SSSR count). The minimum absolute atomic E-state index is 0.194. The van der Waals surface area contributed by atoms with Gasteiger partial charge in [0.05, 0.1) is 22.1 Å². The average Bonchev–Trinajstić information content (AvgIpc) is 2.76. The standard InChI is InChI=1S/C12H11BrN2O2S/c1-17-10-3-2-8(14)5-9(10)15-12(16)7-4-11(13)18-6-7/h2-6H,14H2,1H3,(H,15,16). The van der Waals surface area contributed by atoms with E-state index in [0.717, 1.165) is 3.79 Å². The highest BCUT2D eigenvalue weighted by Crippen LogP contribution is 2.28. The van der Waals surface area contributed by atoms with Crippen molar-refractivity contribution < 1.29 is 9.53 Å². The van der Waals surface area contributed by atoms with Crippen LogP contribution in [0.5, 0.6) is 5.75 Å². The molecule has 0 radical (unpaired) electrons. The van der Waals surface area contributed by atoms with Crippen LogP contribution in [0.2, 0.25) is 0 Å². The van der Waals surface area contributed by atoms with Crippen LogP contribution >= 0.6 is 27.3 Å². The van der Waals surface area contributed by atoms with E-state index in [1.807, 2.05) is 0 Å². The van der Waals surface area contributed by atoms with Crippen molar-refractivity contribution in [2.45, 2.75) is 0 Å². The van der Waals surface area contributed by atoms with Gasteiger partial charge in [0, 0.05) is 11.1 Å². The number of nitrogens with one attached hydrogen (secondary N) is 1. The van der Waals surface area contributed by atoms with Crippen LogP contribution in [-0.4, -0.2) is 13.0 Å². The lowest BCUT2D eigenvalue weighted by Gasteiger charge is -2.10. The molecule has 0 aliphatic carbocycles. The van der Waals surface area contributed by atoms with Gasteiger partial charge in [0.1, 0.15) is 5.75 Å². The van der Waals surface area contributed by atoms with Gasteiger partial charge in [0.15, 0.2) is 0 Å². The van der Waals surface area contributed by atoms with Crippen LogP contribution in [0.1, 0.15) is 10.4 Å². The molecule has 4 nitrogen and oxygen atoms in total. The lowest BCUT2D eigenvalue weighted by Crippen LogP contribution is -2.11. The molecule has 0 aliphatic rings. The third kappa shape index (κ3) is 2.83. The van der Waals surface area contributed by atoms with Crippen molar-refractivity contribution in [3.63, 3.8) is 0 Å². The molecule has 2 aromatic rings. The number of nitrogens with two attached hydrogens (primary N) is 1. The predicted octanol–water partition coefficient (Wildman–Crippen LogP) is 3.35. The smallest absolute Gasteiger partial charge is 0.256 e. The topological polar surface area (TPSA) is 64.3 Å². The molecule has 0 bridgehead atoms. The minimum Gasteiger partial charge on any atom is -0.495 e. The second kappa shape index (κ2) is 5.41. The summed E-state index contributed by atoms with van der Waals surface area (Å²) in [6.07, 6.45) is 0. The molecular formula is C12H11BrN2O2S. The molecule has 0 unspecified atom stereocenters. The number of anilines is 2. The van der Waals surface area contributed by atoms with Crippen molar-refractivity contribution in [1.82, 2.24) is 0 Å². The van der Waals surface area contributed by atoms with Gasteiger partial charge in [-0.2, -0.15) is 0 Å². The summed E-state index contributed by atoms with van der Waals surface area (Å²) in [4.78, 5) is 12.0. The number of ether oxygens (including phenoxy) is 1. The second-order valence-electron chi connectivity index (χ2n) is 3.55. The van der Waals surface area contributed by atoms with Crippen LogP contribution in [0.3, 0.4) is 0 Å². The molecule has 0 aliphatic heterocycles. The monoisotopic (exact) mass is 326 g/mol. The maximum Gasteiger partial charge on any atom is 0.256 e. The van der Waals surface area contributed by atoms with Crippen molar-refractivity contribution in [3.8, 4) is 5.75 Å². The fourth-order valence-electron chi connectivity index (χ4n) is 1.45. The zero-order chi connectivity index (χ0) is 13.1. The molecule has 0 spiro atoms. The van der Waals surface area contributed by atoms with Crippen LogP contribution in [0.25, 0.3) is 0 Å². The van der Waals surface area contributed by atoms with Gasteiger partial charge >= 0.3 is 0 Å². The molecule has 94 valence electrons. The molecular weight excluding hydrogens is 316 g/mol. The van der Waals surface area contributed by atoms with Gasteiger partial charge < -0.3 is 15.8 Å². The summed E-state index contributed by atoms with van der Waals surface area (Å²) in [7, 11) is 1.54. The molecule has 0 fully saturated rings. The Morgan fingerprint density at radius 2 is 2.22 bits per heavy atom. The van der Waals surface area contributed by atoms with Crippen molar-refractivity contribution in [1.29, 1.82) is 0 Å². The number of carbonyl (C=O) groups is 1. The molecule has 0 atom stereocenters. The Bertz CT molecular complexity index is 583. The molecule has 6 heteroatoms. The molecule has 1 amide bonds. The highest BCUT2D eigenvalue weighted by molar-refractivity contribution is 9.11. The summed E-state index contributed by atoms with van der Waals surface area (Å²) in [5, 5.41) is 4.55. The van der Waals surface area contributed by atoms with E-state index in [0.29, 0.717) is 22.7 Å². The first-order chi connectivity index (χ1) is 8.60. The molecule has 3 N–H and O–H groups in total. The van der Waals surface area contributed by atoms with Crippen molar-refractivity contribution >= 4 is 44.5 Å². The number of thiophene rings is 1. The summed E-state index contributed by atoms with van der Waals surface area (Å²) in [6.45, 7) is 0. The van der Waals surface area contributed by atoms with E-state index in [-0.39, 0.29) is 5.91 Å². The van der Waals surface area contributed by atoms with Crippen LogP contribution in [0, 0.1) is 0 Å². The van der Waals surface area contributed by atoms with Crippen LogP contribution in [-0.2, 0) is 0 Å². The fourth-order valence-corrected chi connectivity index (χ4v) is 2.58. The minimum atomic E-state index is -0.194. The van der Waals surface area contributed by atoms with Gasteiger partial charge in [0.2, 0.25) is 0 Å². The number of nitrogen functional groups attached to an aromatic ring is 1. The van der Waals surface area contributed by atoms with Crippen molar-refractivity contribution in [2.24, 2.45) is 0 Å². The van der Waals surface area contributed by atoms with Crippen LogP contribution in [0.4, 0.5) is 11.4 Å². The Morgan fingerprint density at radius 1 is 1.44 bits per heavy atom. The van der Waals surface area contributed by atoms with E-state index >= 15 is 0 Å². The Labute approximate surface area is 117 Å². The number of benzene rings is 1. The first-order valence-electron chi connectivity index (χ1n) is 5.09. The van der Waals surface area contributed by atoms with Crippen LogP contribution in [0.15, 0.2) is 33.4 Å². The number of hydrogen-bond donors (Lipinski definition) is 2. The first-order valence-corrected chi connectivity index (χ1v) is 6.76. The van der Waals surface area contributed by atoms with E-state index in [9.17, 15) is 4.79 Å². The zero-order valence-electron chi connectivity index (χ0n) is 9.57. The van der Waals surface area contributed by atoms with E-state index in [4.69, 9.17) is 10.5 Å². The lowest BCUT2D eigenvalue weighted by atomic mass is 10.2. The SMILES string of the molecule is COc1ccc(N)cc1NC(=O)c1csc(Br)c1. The normalized spacial score (nSPS) is 10.1. The highest BCUT2D eigenvalue weighted by atomic mass is 79.9. The van der Waals surface area contributed by atoms with Gasteiger partial charge in [0.25, 0.3) is 5.91 Å². The summed E-state index contributed by atoms with van der Waals surface area (Å²) in [5.74, 6) is 0.382. The predicted molar refractivity (Wildman–Crippen MR) is 77.4 cm³/mol. The van der Waals surface area contributed by atoms with Gasteiger partial charge in [-0.25, -0.2) is 0 Å². The second-order valence-corrected chi connectivity index (χ2v) is 5.84. The molecule has 1 aromatic heterocycles. The van der Waals surface area contributed by atoms with E-state index in [1.54, 1.807) is 36.8 Å². The van der Waals surface area contributed by atoms with E-state index in [2.05, 4.69) is 21.2 Å². The average molecular weight is 327 g/mol. The number of methoxy groups -OCH3 is 1. The van der Waals surface area contributed by atoms with Gasteiger partial charge in [-0.1, -0.05) is 0 Å². The number of amides is 1. The van der Waals surface area contributed by atoms with E-state index in [1.165, 1.54) is 11.3 Å². The lowest BCUT2D eigenvalue weighted by molar-refractivity contribution is 0.102. The summed E-state index contributed by atoms with van der Waals surface area (Å²) < 4.78 is 6.07. The molecule has 18 heavy (non-hydrogen) atoms. The molecule has 0 saturated carbocycles. The molecule has 0 saturated heterocycles. The molecule has 1 heterocycles. The third-order valence-corrected chi connectivity index (χ3v) is 3.81. The Balaban J connectivity index is 2.23. The van der Waals surface area contributed by atoms with Crippen molar-refractivity contribution in [2.75, 3.05) is 18.2 Å². The summed E-state index contributed by atoms with van der Waals surface area (Å²) >= 11 is 4.78. The van der Waals surface area contributed by atoms with Crippen LogP contribution < -0.4 is 15.8 Å². The largest absolute Gasteiger partial charge is 0.495 e. The quantitative estimate of drug-likeness (QED) is 0.850. The van der Waals surface area contributed by atoms with Crippen molar-refractivity contribution in [3.05, 3.63) is 39.0 Å². The number of hydrogen-bond acceptors (Lipinski definition) is 4. The Hall–Kier alpha value is -1.53. The first kappa shape index (κ1) is 12.9. The summed E-state index contributed by atoms with van der Waals surface area (Å²) in [5.41, 5.74) is 7.41. The number of rotatable bonds is 3. The van der Waals surface area contributed by atoms with Gasteiger partial charge in [-0.05, 0) is 40.2 Å². The van der Waals surface area contributed by atoms with Gasteiger partial charge in [-0.15, -0.1) is 11.3 Å². The number of halogens is 1. The maximum atomic E-state index is 12.0. The fraction of sp³-hybridized carbons (Fsp3) is 0.0833. The number of carbonyl (C=O) groups excluding carboxylic acids is 1.